The van der Waals surface area contributed by atoms with Crippen LogP contribution in [0.15, 0.2) is 35.1 Å². The van der Waals surface area contributed by atoms with Gasteiger partial charge in [0.05, 0.1) is 18.9 Å². The van der Waals surface area contributed by atoms with Crippen LogP contribution in [0.2, 0.25) is 0 Å². The third-order valence-corrected chi connectivity index (χ3v) is 5.76. The number of rotatable bonds is 8. The number of nitrogens with one attached hydrogen (secondary N) is 1. The van der Waals surface area contributed by atoms with Crippen LogP contribution in [-0.2, 0) is 22.5 Å². The van der Waals surface area contributed by atoms with Gasteiger partial charge in [0.2, 0.25) is 5.91 Å². The Morgan fingerprint density at radius 1 is 1.16 bits per heavy atom. The topological polar surface area (TPSA) is 93.8 Å². The van der Waals surface area contributed by atoms with Crippen LogP contribution in [0.25, 0.3) is 16.8 Å². The standard InChI is InChI=1S/C23H30N6O3/c1-3-18-5-7-19(8-6-18)20-15-21-23(31)28(25-17(2)29(21)26-20)16-22(30)24-9-4-10-27-11-13-32-14-12-27/h5-8,15H,3-4,9-14,16H2,1-2H3,(H,24,30). The van der Waals surface area contributed by atoms with Crippen LogP contribution in [0, 0.1) is 6.92 Å². The summed E-state index contributed by atoms with van der Waals surface area (Å²) in [5, 5.41) is 11.7. The Morgan fingerprint density at radius 2 is 1.91 bits per heavy atom. The lowest BCUT2D eigenvalue weighted by Crippen LogP contribution is -2.39. The summed E-state index contributed by atoms with van der Waals surface area (Å²) in [5.74, 6) is 0.330. The van der Waals surface area contributed by atoms with Crippen molar-refractivity contribution in [1.29, 1.82) is 0 Å². The summed E-state index contributed by atoms with van der Waals surface area (Å²) >= 11 is 0. The van der Waals surface area contributed by atoms with Crippen molar-refractivity contribution in [1.82, 2.24) is 29.6 Å². The minimum absolute atomic E-state index is 0.112. The molecule has 0 aliphatic carbocycles. The molecule has 1 amide bonds. The summed E-state index contributed by atoms with van der Waals surface area (Å²) in [6.45, 7) is 8.66. The van der Waals surface area contributed by atoms with Gasteiger partial charge >= 0.3 is 0 Å². The van der Waals surface area contributed by atoms with Gasteiger partial charge in [-0.15, -0.1) is 0 Å². The summed E-state index contributed by atoms with van der Waals surface area (Å²) in [4.78, 5) is 27.6. The molecule has 4 rings (SSSR count). The van der Waals surface area contributed by atoms with Crippen LogP contribution in [0.5, 0.6) is 0 Å². The molecule has 9 nitrogen and oxygen atoms in total. The molecule has 170 valence electrons. The van der Waals surface area contributed by atoms with Crippen molar-refractivity contribution in [3.05, 3.63) is 52.1 Å². The van der Waals surface area contributed by atoms with Crippen LogP contribution in [0.1, 0.15) is 24.7 Å². The van der Waals surface area contributed by atoms with Crippen molar-refractivity contribution in [2.45, 2.75) is 33.2 Å². The number of hydrogen-bond donors (Lipinski definition) is 1. The number of fused-ring (bicyclic) bond motifs is 1. The molecule has 2 aromatic heterocycles. The van der Waals surface area contributed by atoms with Gasteiger partial charge < -0.3 is 10.1 Å². The summed E-state index contributed by atoms with van der Waals surface area (Å²) in [5.41, 5.74) is 2.97. The van der Waals surface area contributed by atoms with E-state index in [0.717, 1.165) is 51.3 Å². The maximum atomic E-state index is 12.9. The van der Waals surface area contributed by atoms with Crippen LogP contribution in [0.3, 0.4) is 0 Å². The zero-order valence-electron chi connectivity index (χ0n) is 18.7. The van der Waals surface area contributed by atoms with Crippen molar-refractivity contribution < 1.29 is 9.53 Å². The van der Waals surface area contributed by atoms with Crippen molar-refractivity contribution in [3.8, 4) is 11.3 Å². The Morgan fingerprint density at radius 3 is 2.62 bits per heavy atom. The minimum Gasteiger partial charge on any atom is -0.379 e. The smallest absolute Gasteiger partial charge is 0.293 e. The van der Waals surface area contributed by atoms with Gasteiger partial charge in [0.1, 0.15) is 17.9 Å². The molecule has 0 bridgehead atoms. The van der Waals surface area contributed by atoms with Crippen molar-refractivity contribution >= 4 is 11.4 Å². The molecular formula is C23H30N6O3. The molecule has 3 heterocycles. The molecule has 1 fully saturated rings. The monoisotopic (exact) mass is 438 g/mol. The van der Waals surface area contributed by atoms with Crippen LogP contribution in [0.4, 0.5) is 0 Å². The number of morpholine rings is 1. The average molecular weight is 439 g/mol. The maximum Gasteiger partial charge on any atom is 0.293 e. The lowest BCUT2D eigenvalue weighted by Gasteiger charge is -2.26. The molecule has 1 saturated heterocycles. The predicted octanol–water partition coefficient (Wildman–Crippen LogP) is 1.27. The Hall–Kier alpha value is -3.04. The van der Waals surface area contributed by atoms with Crippen molar-refractivity contribution in [2.75, 3.05) is 39.4 Å². The number of benzene rings is 1. The number of carbonyl (C=O) groups is 1. The molecule has 1 aliphatic heterocycles. The van der Waals surface area contributed by atoms with Crippen LogP contribution >= 0.6 is 0 Å². The summed E-state index contributed by atoms with van der Waals surface area (Å²) in [7, 11) is 0. The van der Waals surface area contributed by atoms with Crippen molar-refractivity contribution in [2.24, 2.45) is 0 Å². The third kappa shape index (κ3) is 5.05. The molecule has 0 saturated carbocycles. The fourth-order valence-electron chi connectivity index (χ4n) is 3.88. The summed E-state index contributed by atoms with van der Waals surface area (Å²) in [6, 6.07) is 9.89. The van der Waals surface area contributed by atoms with E-state index in [1.165, 1.54) is 10.2 Å². The Labute approximate surface area is 187 Å². The molecule has 0 atom stereocenters. The third-order valence-electron chi connectivity index (χ3n) is 5.76. The normalized spacial score (nSPS) is 14.7. The maximum absolute atomic E-state index is 12.9. The Kier molecular flexibility index (Phi) is 6.96. The largest absolute Gasteiger partial charge is 0.379 e. The first-order valence-corrected chi connectivity index (χ1v) is 11.2. The molecule has 1 aromatic carbocycles. The lowest BCUT2D eigenvalue weighted by atomic mass is 10.1. The minimum atomic E-state index is -0.331. The number of hydrogen-bond acceptors (Lipinski definition) is 6. The second-order valence-corrected chi connectivity index (χ2v) is 8.04. The van der Waals surface area contributed by atoms with E-state index in [1.54, 1.807) is 17.5 Å². The zero-order valence-corrected chi connectivity index (χ0v) is 18.7. The van der Waals surface area contributed by atoms with Gasteiger partial charge in [0.15, 0.2) is 0 Å². The number of aromatic nitrogens is 4. The average Bonchev–Trinajstić information content (AvgIpc) is 3.27. The van der Waals surface area contributed by atoms with Gasteiger partial charge in [-0.2, -0.15) is 10.2 Å². The van der Waals surface area contributed by atoms with Gasteiger partial charge in [-0.3, -0.25) is 14.5 Å². The van der Waals surface area contributed by atoms with E-state index in [0.29, 0.717) is 23.6 Å². The first-order valence-electron chi connectivity index (χ1n) is 11.2. The molecule has 9 heteroatoms. The highest BCUT2D eigenvalue weighted by molar-refractivity contribution is 5.75. The molecule has 3 aromatic rings. The van der Waals surface area contributed by atoms with E-state index in [9.17, 15) is 9.59 Å². The summed E-state index contributed by atoms with van der Waals surface area (Å²) in [6.07, 6.45) is 1.82. The highest BCUT2D eigenvalue weighted by Crippen LogP contribution is 2.19. The molecule has 32 heavy (non-hydrogen) atoms. The summed E-state index contributed by atoms with van der Waals surface area (Å²) < 4.78 is 8.10. The number of aryl methyl sites for hydroxylation is 2. The van der Waals surface area contributed by atoms with E-state index >= 15 is 0 Å². The highest BCUT2D eigenvalue weighted by atomic mass is 16.5. The predicted molar refractivity (Wildman–Crippen MR) is 122 cm³/mol. The second-order valence-electron chi connectivity index (χ2n) is 8.04. The SMILES string of the molecule is CCc1ccc(-c2cc3c(=O)n(CC(=O)NCCCN4CCOCC4)nc(C)n3n2)cc1. The molecular weight excluding hydrogens is 408 g/mol. The Bertz CT molecular complexity index is 1130. The molecule has 1 aliphatic rings. The lowest BCUT2D eigenvalue weighted by molar-refractivity contribution is -0.121. The number of nitrogens with zero attached hydrogens (tertiary/aromatic N) is 5. The van der Waals surface area contributed by atoms with Gasteiger partial charge in [0.25, 0.3) is 5.56 Å². The molecule has 0 radical (unpaired) electrons. The van der Waals surface area contributed by atoms with Gasteiger partial charge in [-0.1, -0.05) is 31.2 Å². The fraction of sp³-hybridized carbons (Fsp3) is 0.478. The van der Waals surface area contributed by atoms with E-state index in [-0.39, 0.29) is 18.0 Å². The van der Waals surface area contributed by atoms with Crippen molar-refractivity contribution in [3.63, 3.8) is 0 Å². The van der Waals surface area contributed by atoms with Crippen LogP contribution in [-0.4, -0.2) is 69.6 Å². The van der Waals surface area contributed by atoms with E-state index < -0.39 is 0 Å². The van der Waals surface area contributed by atoms with E-state index in [2.05, 4.69) is 39.5 Å². The zero-order chi connectivity index (χ0) is 22.5. The molecule has 0 unspecified atom stereocenters. The Balaban J connectivity index is 1.41. The van der Waals surface area contributed by atoms with Gasteiger partial charge in [0, 0.05) is 25.2 Å². The molecule has 1 N–H and O–H groups in total. The number of amides is 1. The van der Waals surface area contributed by atoms with E-state index in [1.807, 2.05) is 12.1 Å². The first-order chi connectivity index (χ1) is 15.5. The highest BCUT2D eigenvalue weighted by Gasteiger charge is 2.15. The second kappa shape index (κ2) is 10.1. The number of carbonyl (C=O) groups excluding carboxylic acids is 1. The van der Waals surface area contributed by atoms with Crippen LogP contribution < -0.4 is 10.9 Å². The quantitative estimate of drug-likeness (QED) is 0.533. The number of ether oxygens (including phenoxy) is 1. The van der Waals surface area contributed by atoms with Gasteiger partial charge in [-0.25, -0.2) is 9.20 Å². The molecule has 0 spiro atoms. The van der Waals surface area contributed by atoms with Gasteiger partial charge in [-0.05, 0) is 37.9 Å². The first kappa shape index (κ1) is 22.2. The van der Waals surface area contributed by atoms with E-state index in [4.69, 9.17) is 4.74 Å². The fourth-order valence-corrected chi connectivity index (χ4v) is 3.88.